The number of carbonyl (C=O) groups excluding carboxylic acids is 1. The Hall–Kier alpha value is -2.71. The molecule has 29 heavy (non-hydrogen) atoms. The fourth-order valence-corrected chi connectivity index (χ4v) is 3.51. The number of anilines is 3. The Morgan fingerprint density at radius 3 is 2.76 bits per heavy atom. The molecule has 0 radical (unpaired) electrons. The van der Waals surface area contributed by atoms with Crippen LogP contribution in [0.5, 0.6) is 0 Å². The van der Waals surface area contributed by atoms with Gasteiger partial charge in [-0.2, -0.15) is 0 Å². The van der Waals surface area contributed by atoms with Crippen molar-refractivity contribution in [1.29, 1.82) is 0 Å². The van der Waals surface area contributed by atoms with E-state index in [4.69, 9.17) is 0 Å². The molecule has 1 aromatic carbocycles. The fourth-order valence-electron chi connectivity index (χ4n) is 2.79. The highest BCUT2D eigenvalue weighted by Gasteiger charge is 2.16. The molecule has 3 rings (SSSR count). The summed E-state index contributed by atoms with van der Waals surface area (Å²) in [7, 11) is 0. The van der Waals surface area contributed by atoms with Gasteiger partial charge in [0.05, 0.1) is 32.6 Å². The molecule has 3 aromatic rings. The highest BCUT2D eigenvalue weighted by Crippen LogP contribution is 2.26. The second kappa shape index (κ2) is 8.75. The third-order valence-electron chi connectivity index (χ3n) is 4.22. The lowest BCUT2D eigenvalue weighted by molar-refractivity contribution is 0.0693. The van der Waals surface area contributed by atoms with Gasteiger partial charge >= 0.3 is 0 Å². The van der Waals surface area contributed by atoms with Crippen LogP contribution in [0.2, 0.25) is 0 Å². The standard InChI is InChI=1S/C21H27N5O2S/c1-13(2)25-17-10-19(26-14-5-6-16-18(9-14)29-12-24-16)23-11-15(17)20(27)22-8-7-21(3,4)28/h5-6,9-13,28H,7-8H2,1-4H3,(H,22,27)(H2,23,25,26). The van der Waals surface area contributed by atoms with E-state index < -0.39 is 5.60 Å². The number of amides is 1. The number of hydrogen-bond acceptors (Lipinski definition) is 7. The molecule has 154 valence electrons. The predicted octanol–water partition coefficient (Wildman–Crippen LogP) is 4.15. The molecule has 0 unspecified atom stereocenters. The van der Waals surface area contributed by atoms with E-state index in [1.165, 1.54) is 0 Å². The molecular weight excluding hydrogens is 386 g/mol. The molecular formula is C21H27N5O2S. The number of benzene rings is 1. The van der Waals surface area contributed by atoms with E-state index in [2.05, 4.69) is 25.9 Å². The summed E-state index contributed by atoms with van der Waals surface area (Å²) in [5, 5.41) is 19.3. The maximum atomic E-state index is 12.6. The molecule has 1 amide bonds. The zero-order valence-corrected chi connectivity index (χ0v) is 17.9. The smallest absolute Gasteiger partial charge is 0.254 e. The summed E-state index contributed by atoms with van der Waals surface area (Å²) in [6, 6.07) is 7.94. The van der Waals surface area contributed by atoms with Crippen molar-refractivity contribution in [2.45, 2.75) is 45.8 Å². The van der Waals surface area contributed by atoms with E-state index >= 15 is 0 Å². The van der Waals surface area contributed by atoms with Crippen molar-refractivity contribution in [2.24, 2.45) is 0 Å². The largest absolute Gasteiger partial charge is 0.390 e. The first-order valence-corrected chi connectivity index (χ1v) is 10.5. The van der Waals surface area contributed by atoms with E-state index in [9.17, 15) is 9.90 Å². The van der Waals surface area contributed by atoms with E-state index in [1.807, 2.05) is 43.6 Å². The molecule has 2 heterocycles. The monoisotopic (exact) mass is 413 g/mol. The molecule has 0 fully saturated rings. The third kappa shape index (κ3) is 5.88. The van der Waals surface area contributed by atoms with Gasteiger partial charge < -0.3 is 21.1 Å². The number of carbonyl (C=O) groups is 1. The van der Waals surface area contributed by atoms with Crippen molar-refractivity contribution >= 4 is 44.7 Å². The summed E-state index contributed by atoms with van der Waals surface area (Å²) in [6.07, 6.45) is 2.04. The van der Waals surface area contributed by atoms with E-state index in [0.29, 0.717) is 30.0 Å². The van der Waals surface area contributed by atoms with Crippen LogP contribution >= 0.6 is 11.3 Å². The lowest BCUT2D eigenvalue weighted by Crippen LogP contribution is -2.31. The molecule has 2 aromatic heterocycles. The first kappa shape index (κ1) is 21.0. The van der Waals surface area contributed by atoms with Gasteiger partial charge in [0.25, 0.3) is 5.91 Å². The minimum atomic E-state index is -0.822. The van der Waals surface area contributed by atoms with Gasteiger partial charge in [0.15, 0.2) is 0 Å². The minimum absolute atomic E-state index is 0.154. The van der Waals surface area contributed by atoms with Crippen molar-refractivity contribution in [2.75, 3.05) is 17.2 Å². The topological polar surface area (TPSA) is 99.2 Å². The van der Waals surface area contributed by atoms with Crippen molar-refractivity contribution in [1.82, 2.24) is 15.3 Å². The highest BCUT2D eigenvalue weighted by atomic mass is 32.1. The van der Waals surface area contributed by atoms with Crippen LogP contribution in [-0.4, -0.2) is 39.2 Å². The molecule has 0 spiro atoms. The Bertz CT molecular complexity index is 994. The molecule has 4 N–H and O–H groups in total. The fraction of sp³-hybridized carbons (Fsp3) is 0.381. The van der Waals surface area contributed by atoms with Gasteiger partial charge in [-0.25, -0.2) is 9.97 Å². The van der Waals surface area contributed by atoms with Gasteiger partial charge in [-0.3, -0.25) is 4.79 Å². The van der Waals surface area contributed by atoms with Crippen molar-refractivity contribution in [3.8, 4) is 0 Å². The number of nitrogens with one attached hydrogen (secondary N) is 3. The Labute approximate surface area is 174 Å². The second-order valence-corrected chi connectivity index (χ2v) is 8.78. The Balaban J connectivity index is 1.78. The first-order chi connectivity index (χ1) is 13.7. The molecule has 8 heteroatoms. The third-order valence-corrected chi connectivity index (χ3v) is 5.01. The van der Waals surface area contributed by atoms with Gasteiger partial charge in [-0.15, -0.1) is 11.3 Å². The molecule has 0 bridgehead atoms. The SMILES string of the molecule is CC(C)Nc1cc(Nc2ccc3ncsc3c2)ncc1C(=O)NCCC(C)(C)O. The summed E-state index contributed by atoms with van der Waals surface area (Å²) in [5.41, 5.74) is 4.05. The Morgan fingerprint density at radius 1 is 1.24 bits per heavy atom. The van der Waals surface area contributed by atoms with E-state index in [-0.39, 0.29) is 11.9 Å². The number of nitrogens with zero attached hydrogens (tertiary/aromatic N) is 2. The molecule has 0 saturated heterocycles. The zero-order valence-electron chi connectivity index (χ0n) is 17.1. The van der Waals surface area contributed by atoms with E-state index in [0.717, 1.165) is 15.9 Å². The van der Waals surface area contributed by atoms with Crippen LogP contribution in [0.4, 0.5) is 17.2 Å². The summed E-state index contributed by atoms with van der Waals surface area (Å²) >= 11 is 1.58. The van der Waals surface area contributed by atoms with Gasteiger partial charge in [-0.1, -0.05) is 0 Å². The average molecular weight is 414 g/mol. The summed E-state index contributed by atoms with van der Waals surface area (Å²) < 4.78 is 1.10. The number of rotatable bonds is 8. The summed E-state index contributed by atoms with van der Waals surface area (Å²) in [4.78, 5) is 21.3. The number of fused-ring (bicyclic) bond motifs is 1. The van der Waals surface area contributed by atoms with Crippen molar-refractivity contribution in [3.05, 3.63) is 41.5 Å². The Kier molecular flexibility index (Phi) is 6.34. The van der Waals surface area contributed by atoms with Crippen LogP contribution in [-0.2, 0) is 0 Å². The predicted molar refractivity (Wildman–Crippen MR) is 119 cm³/mol. The molecule has 0 atom stereocenters. The van der Waals surface area contributed by atoms with Crippen LogP contribution in [0, 0.1) is 0 Å². The first-order valence-electron chi connectivity index (χ1n) is 9.59. The minimum Gasteiger partial charge on any atom is -0.390 e. The molecule has 7 nitrogen and oxygen atoms in total. The quantitative estimate of drug-likeness (QED) is 0.443. The van der Waals surface area contributed by atoms with Crippen LogP contribution < -0.4 is 16.0 Å². The maximum Gasteiger partial charge on any atom is 0.254 e. The van der Waals surface area contributed by atoms with Crippen LogP contribution in [0.3, 0.4) is 0 Å². The van der Waals surface area contributed by atoms with Gasteiger partial charge in [0.1, 0.15) is 5.82 Å². The molecule has 0 aliphatic rings. The van der Waals surface area contributed by atoms with Gasteiger partial charge in [0, 0.05) is 30.5 Å². The van der Waals surface area contributed by atoms with Crippen molar-refractivity contribution < 1.29 is 9.90 Å². The lowest BCUT2D eigenvalue weighted by atomic mass is 10.1. The Morgan fingerprint density at radius 2 is 2.03 bits per heavy atom. The number of aliphatic hydroxyl groups is 1. The van der Waals surface area contributed by atoms with Crippen LogP contribution in [0.15, 0.2) is 36.0 Å². The average Bonchev–Trinajstić information content (AvgIpc) is 3.08. The second-order valence-electron chi connectivity index (χ2n) is 7.89. The van der Waals surface area contributed by atoms with E-state index in [1.54, 1.807) is 31.4 Å². The zero-order chi connectivity index (χ0) is 21.0. The molecule has 0 aliphatic carbocycles. The summed E-state index contributed by atoms with van der Waals surface area (Å²) in [5.74, 6) is 0.424. The number of aromatic nitrogens is 2. The number of hydrogen-bond donors (Lipinski definition) is 4. The lowest BCUT2D eigenvalue weighted by Gasteiger charge is -2.18. The highest BCUT2D eigenvalue weighted by molar-refractivity contribution is 7.16. The molecule has 0 saturated carbocycles. The normalized spacial score (nSPS) is 11.7. The van der Waals surface area contributed by atoms with Crippen molar-refractivity contribution in [3.63, 3.8) is 0 Å². The van der Waals surface area contributed by atoms with Crippen LogP contribution in [0.1, 0.15) is 44.5 Å². The van der Waals surface area contributed by atoms with Gasteiger partial charge in [0.2, 0.25) is 0 Å². The molecule has 0 aliphatic heterocycles. The number of pyridine rings is 1. The number of thiazole rings is 1. The summed E-state index contributed by atoms with van der Waals surface area (Å²) in [6.45, 7) is 7.85. The maximum absolute atomic E-state index is 12.6. The van der Waals surface area contributed by atoms with Gasteiger partial charge in [-0.05, 0) is 52.3 Å². The van der Waals surface area contributed by atoms with Crippen LogP contribution in [0.25, 0.3) is 10.2 Å².